The van der Waals surface area contributed by atoms with Crippen molar-refractivity contribution in [1.29, 1.82) is 0 Å². The molecule has 0 unspecified atom stereocenters. The van der Waals surface area contributed by atoms with Gasteiger partial charge in [-0.3, -0.25) is 14.9 Å². The molecule has 3 heterocycles. The van der Waals surface area contributed by atoms with E-state index >= 15 is 0 Å². The van der Waals surface area contributed by atoms with E-state index in [2.05, 4.69) is 20.4 Å². The number of aromatic nitrogens is 3. The molecule has 2 N–H and O–H groups in total. The van der Waals surface area contributed by atoms with Crippen LogP contribution in [0.25, 0.3) is 0 Å². The van der Waals surface area contributed by atoms with Crippen molar-refractivity contribution in [2.45, 2.75) is 19.2 Å². The molecular weight excluding hydrogens is 438 g/mol. The fraction of sp³-hybridized carbons (Fsp3) is 0.263. The SMILES string of the molecule is Cc1noc(NC(=O)c2c(N3CC(Oc4cc(F)cc(C(F)(F)F)c4)C3)cc[nH]c2=O)n1. The van der Waals surface area contributed by atoms with Crippen molar-refractivity contribution < 1.29 is 31.6 Å². The zero-order valence-corrected chi connectivity index (χ0v) is 16.4. The first-order valence-corrected chi connectivity index (χ1v) is 9.23. The Labute approximate surface area is 177 Å². The van der Waals surface area contributed by atoms with E-state index in [1.165, 1.54) is 12.3 Å². The van der Waals surface area contributed by atoms with Crippen LogP contribution in [0.5, 0.6) is 5.75 Å². The minimum absolute atomic E-state index is 0.154. The van der Waals surface area contributed by atoms with Crippen LogP contribution in [-0.4, -0.2) is 40.2 Å². The van der Waals surface area contributed by atoms with Gasteiger partial charge in [0, 0.05) is 12.3 Å². The minimum atomic E-state index is -4.71. The molecule has 1 aliphatic heterocycles. The van der Waals surface area contributed by atoms with Gasteiger partial charge in [-0.2, -0.15) is 18.2 Å². The molecule has 1 aliphatic rings. The van der Waals surface area contributed by atoms with E-state index in [-0.39, 0.29) is 41.9 Å². The first kappa shape index (κ1) is 21.3. The van der Waals surface area contributed by atoms with E-state index in [4.69, 9.17) is 9.26 Å². The Bertz CT molecular complexity index is 1220. The maximum absolute atomic E-state index is 13.5. The van der Waals surface area contributed by atoms with Crippen molar-refractivity contribution in [2.75, 3.05) is 23.3 Å². The van der Waals surface area contributed by atoms with Gasteiger partial charge in [0.1, 0.15) is 23.2 Å². The summed E-state index contributed by atoms with van der Waals surface area (Å²) in [5.41, 5.74) is -1.77. The van der Waals surface area contributed by atoms with E-state index in [1.807, 2.05) is 0 Å². The lowest BCUT2D eigenvalue weighted by Crippen LogP contribution is -2.55. The number of rotatable bonds is 5. The molecule has 32 heavy (non-hydrogen) atoms. The van der Waals surface area contributed by atoms with Crippen LogP contribution in [-0.2, 0) is 6.18 Å². The molecule has 1 aromatic carbocycles. The molecule has 0 radical (unpaired) electrons. The topological polar surface area (TPSA) is 113 Å². The van der Waals surface area contributed by atoms with Crippen LogP contribution in [0.1, 0.15) is 21.7 Å². The molecular formula is C19H15F4N5O4. The molecule has 0 atom stereocenters. The molecule has 0 saturated carbocycles. The summed E-state index contributed by atoms with van der Waals surface area (Å²) in [6.45, 7) is 1.86. The highest BCUT2D eigenvalue weighted by Crippen LogP contribution is 2.33. The molecule has 1 amide bonds. The number of hydrogen-bond donors (Lipinski definition) is 2. The van der Waals surface area contributed by atoms with Crippen LogP contribution in [0.15, 0.2) is 39.8 Å². The molecule has 2 aromatic heterocycles. The number of halogens is 4. The number of carbonyl (C=O) groups is 1. The molecule has 13 heteroatoms. The van der Waals surface area contributed by atoms with Crippen LogP contribution in [0.4, 0.5) is 29.3 Å². The average Bonchev–Trinajstić information content (AvgIpc) is 3.07. The second kappa shape index (κ2) is 7.98. The lowest BCUT2D eigenvalue weighted by atomic mass is 10.1. The van der Waals surface area contributed by atoms with Gasteiger partial charge >= 0.3 is 12.2 Å². The normalized spacial score (nSPS) is 14.2. The van der Waals surface area contributed by atoms with Crippen LogP contribution in [0, 0.1) is 12.7 Å². The van der Waals surface area contributed by atoms with Crippen LogP contribution >= 0.6 is 0 Å². The van der Waals surface area contributed by atoms with Crippen molar-refractivity contribution in [1.82, 2.24) is 15.1 Å². The zero-order chi connectivity index (χ0) is 23.0. The van der Waals surface area contributed by atoms with Crippen molar-refractivity contribution in [3.05, 3.63) is 63.6 Å². The Balaban J connectivity index is 1.47. The third kappa shape index (κ3) is 4.40. The Morgan fingerprint density at radius 1 is 1.31 bits per heavy atom. The predicted octanol–water partition coefficient (Wildman–Crippen LogP) is 2.74. The predicted molar refractivity (Wildman–Crippen MR) is 102 cm³/mol. The van der Waals surface area contributed by atoms with Gasteiger partial charge in [-0.05, 0) is 25.1 Å². The minimum Gasteiger partial charge on any atom is -0.487 e. The Kier molecular flexibility index (Phi) is 5.32. The van der Waals surface area contributed by atoms with Gasteiger partial charge in [-0.1, -0.05) is 5.16 Å². The first-order chi connectivity index (χ1) is 15.1. The molecule has 0 aliphatic carbocycles. The van der Waals surface area contributed by atoms with E-state index in [0.29, 0.717) is 12.1 Å². The number of alkyl halides is 3. The number of amides is 1. The second-order valence-corrected chi connectivity index (χ2v) is 6.99. The second-order valence-electron chi connectivity index (χ2n) is 6.99. The Hall–Kier alpha value is -3.90. The van der Waals surface area contributed by atoms with E-state index in [9.17, 15) is 27.2 Å². The summed E-state index contributed by atoms with van der Waals surface area (Å²) in [4.78, 5) is 32.7. The van der Waals surface area contributed by atoms with E-state index < -0.39 is 35.1 Å². The number of anilines is 2. The van der Waals surface area contributed by atoms with Crippen LogP contribution in [0.2, 0.25) is 0 Å². The molecule has 3 aromatic rings. The standard InChI is InChI=1S/C19H15F4N5O4/c1-9-25-18(32-27-9)26-17(30)15-14(2-3-24-16(15)29)28-7-13(8-28)31-12-5-10(19(21,22)23)4-11(20)6-12/h2-6,13H,7-8H2,1H3,(H,24,29)(H,25,26,27,30). The van der Waals surface area contributed by atoms with Gasteiger partial charge in [-0.15, -0.1) is 0 Å². The lowest BCUT2D eigenvalue weighted by Gasteiger charge is -2.41. The van der Waals surface area contributed by atoms with Gasteiger partial charge in [0.2, 0.25) is 0 Å². The largest absolute Gasteiger partial charge is 0.487 e. The monoisotopic (exact) mass is 453 g/mol. The Morgan fingerprint density at radius 2 is 2.06 bits per heavy atom. The van der Waals surface area contributed by atoms with Gasteiger partial charge in [0.15, 0.2) is 5.82 Å². The average molecular weight is 453 g/mol. The smallest absolute Gasteiger partial charge is 0.416 e. The van der Waals surface area contributed by atoms with Crippen LogP contribution in [0.3, 0.4) is 0 Å². The van der Waals surface area contributed by atoms with E-state index in [1.54, 1.807) is 11.8 Å². The third-order valence-electron chi connectivity index (χ3n) is 4.60. The van der Waals surface area contributed by atoms with Gasteiger partial charge < -0.3 is 19.1 Å². The number of aromatic amines is 1. The first-order valence-electron chi connectivity index (χ1n) is 9.23. The van der Waals surface area contributed by atoms with Gasteiger partial charge in [-0.25, -0.2) is 4.39 Å². The summed E-state index contributed by atoms with van der Waals surface area (Å²) in [5.74, 6) is -1.83. The maximum atomic E-state index is 13.5. The number of nitrogens with one attached hydrogen (secondary N) is 2. The number of pyridine rings is 1. The molecule has 1 saturated heterocycles. The number of nitrogens with zero attached hydrogens (tertiary/aromatic N) is 3. The molecule has 0 bridgehead atoms. The summed E-state index contributed by atoms with van der Waals surface area (Å²) in [5, 5.41) is 5.87. The summed E-state index contributed by atoms with van der Waals surface area (Å²) in [6, 6.07) is 3.26. The quantitative estimate of drug-likeness (QED) is 0.571. The number of hydrogen-bond acceptors (Lipinski definition) is 7. The summed E-state index contributed by atoms with van der Waals surface area (Å²) in [6.07, 6.45) is -3.94. The number of ether oxygens (including phenoxy) is 1. The fourth-order valence-corrected chi connectivity index (χ4v) is 3.15. The molecule has 168 valence electrons. The molecule has 9 nitrogen and oxygen atoms in total. The molecule has 0 spiro atoms. The van der Waals surface area contributed by atoms with Crippen molar-refractivity contribution in [3.8, 4) is 5.75 Å². The highest BCUT2D eigenvalue weighted by molar-refractivity contribution is 6.07. The number of benzene rings is 1. The summed E-state index contributed by atoms with van der Waals surface area (Å²) >= 11 is 0. The number of H-pyrrole nitrogens is 1. The van der Waals surface area contributed by atoms with Gasteiger partial charge in [0.05, 0.1) is 24.3 Å². The van der Waals surface area contributed by atoms with Gasteiger partial charge in [0.25, 0.3) is 11.5 Å². The maximum Gasteiger partial charge on any atom is 0.416 e. The highest BCUT2D eigenvalue weighted by atomic mass is 19.4. The third-order valence-corrected chi connectivity index (χ3v) is 4.60. The van der Waals surface area contributed by atoms with Crippen molar-refractivity contribution >= 4 is 17.6 Å². The van der Waals surface area contributed by atoms with Crippen molar-refractivity contribution in [3.63, 3.8) is 0 Å². The molecule has 4 rings (SSSR count). The van der Waals surface area contributed by atoms with E-state index in [0.717, 1.165) is 6.07 Å². The highest BCUT2D eigenvalue weighted by Gasteiger charge is 2.35. The van der Waals surface area contributed by atoms with Crippen LogP contribution < -0.4 is 20.5 Å². The number of aryl methyl sites for hydroxylation is 1. The summed E-state index contributed by atoms with van der Waals surface area (Å²) < 4.78 is 62.4. The zero-order valence-electron chi connectivity index (χ0n) is 16.4. The molecule has 1 fully saturated rings. The lowest BCUT2D eigenvalue weighted by molar-refractivity contribution is -0.137. The fourth-order valence-electron chi connectivity index (χ4n) is 3.15. The summed E-state index contributed by atoms with van der Waals surface area (Å²) in [7, 11) is 0. The van der Waals surface area contributed by atoms with Crippen molar-refractivity contribution in [2.24, 2.45) is 0 Å². The number of carbonyl (C=O) groups excluding carboxylic acids is 1. The Morgan fingerprint density at radius 3 is 2.72 bits per heavy atom.